The molecule has 3 aromatic rings. The standard InChI is InChI=1S/C17H12BrClN2O3/c18-10-1-3-12-9(5-16(22)24-15(12)6-10)8-21-11-2-4-13(17(20)23)14(19)7-11/h1-7,21H,8H2,(H2,20,23). The molecule has 0 fully saturated rings. The molecule has 3 N–H and O–H groups in total. The van der Waals surface area contributed by atoms with Crippen molar-refractivity contribution in [2.24, 2.45) is 5.73 Å². The van der Waals surface area contributed by atoms with Gasteiger partial charge in [0.1, 0.15) is 5.58 Å². The van der Waals surface area contributed by atoms with Crippen LogP contribution in [0.5, 0.6) is 0 Å². The Kier molecular flexibility index (Phi) is 4.59. The number of primary amides is 1. The Morgan fingerprint density at radius 3 is 2.71 bits per heavy atom. The molecule has 7 heteroatoms. The van der Waals surface area contributed by atoms with E-state index in [1.165, 1.54) is 6.07 Å². The van der Waals surface area contributed by atoms with Gasteiger partial charge in [-0.25, -0.2) is 4.79 Å². The van der Waals surface area contributed by atoms with Gasteiger partial charge in [-0.3, -0.25) is 4.79 Å². The van der Waals surface area contributed by atoms with Gasteiger partial charge in [-0.2, -0.15) is 0 Å². The first-order valence-electron chi connectivity index (χ1n) is 6.99. The van der Waals surface area contributed by atoms with Crippen molar-refractivity contribution in [1.82, 2.24) is 0 Å². The van der Waals surface area contributed by atoms with E-state index in [1.54, 1.807) is 24.3 Å². The quantitative estimate of drug-likeness (QED) is 0.642. The average Bonchev–Trinajstić information content (AvgIpc) is 2.51. The molecule has 1 heterocycles. The number of carbonyl (C=O) groups excluding carboxylic acids is 1. The molecule has 3 rings (SSSR count). The highest BCUT2D eigenvalue weighted by Crippen LogP contribution is 2.24. The molecule has 0 aliphatic rings. The minimum absolute atomic E-state index is 0.262. The van der Waals surface area contributed by atoms with Gasteiger partial charge in [-0.05, 0) is 42.0 Å². The number of benzene rings is 2. The van der Waals surface area contributed by atoms with Crippen LogP contribution < -0.4 is 16.7 Å². The summed E-state index contributed by atoms with van der Waals surface area (Å²) in [5, 5.41) is 4.28. The Hall–Kier alpha value is -2.31. The second-order valence-corrected chi connectivity index (χ2v) is 6.47. The first-order chi connectivity index (χ1) is 11.4. The summed E-state index contributed by atoms with van der Waals surface area (Å²) in [7, 11) is 0. The zero-order valence-corrected chi connectivity index (χ0v) is 14.6. The number of rotatable bonds is 4. The minimum Gasteiger partial charge on any atom is -0.423 e. The Morgan fingerprint density at radius 1 is 1.21 bits per heavy atom. The van der Waals surface area contributed by atoms with Crippen molar-refractivity contribution < 1.29 is 9.21 Å². The molecule has 0 aliphatic carbocycles. The lowest BCUT2D eigenvalue weighted by molar-refractivity contribution is 0.100. The van der Waals surface area contributed by atoms with Crippen LogP contribution >= 0.6 is 27.5 Å². The Bertz CT molecular complexity index is 1000. The number of amides is 1. The lowest BCUT2D eigenvalue weighted by Gasteiger charge is -2.10. The number of nitrogens with two attached hydrogens (primary N) is 1. The molecule has 0 aliphatic heterocycles. The highest BCUT2D eigenvalue weighted by molar-refractivity contribution is 9.10. The minimum atomic E-state index is -0.580. The highest BCUT2D eigenvalue weighted by atomic mass is 79.9. The summed E-state index contributed by atoms with van der Waals surface area (Å²) < 4.78 is 6.04. The van der Waals surface area contributed by atoms with E-state index in [2.05, 4.69) is 21.2 Å². The number of halogens is 2. The van der Waals surface area contributed by atoms with E-state index in [-0.39, 0.29) is 10.6 Å². The number of carbonyl (C=O) groups is 1. The van der Waals surface area contributed by atoms with Gasteiger partial charge in [-0.15, -0.1) is 0 Å². The fourth-order valence-electron chi connectivity index (χ4n) is 2.37. The van der Waals surface area contributed by atoms with Gasteiger partial charge >= 0.3 is 5.63 Å². The molecular weight excluding hydrogens is 396 g/mol. The fraction of sp³-hybridized carbons (Fsp3) is 0.0588. The monoisotopic (exact) mass is 406 g/mol. The Labute approximate surface area is 150 Å². The third kappa shape index (κ3) is 3.44. The van der Waals surface area contributed by atoms with Crippen molar-refractivity contribution in [2.45, 2.75) is 6.54 Å². The fourth-order valence-corrected chi connectivity index (χ4v) is 2.99. The maximum absolute atomic E-state index is 11.7. The van der Waals surface area contributed by atoms with Crippen LogP contribution in [-0.2, 0) is 6.54 Å². The maximum Gasteiger partial charge on any atom is 0.336 e. The lowest BCUT2D eigenvalue weighted by atomic mass is 10.1. The molecule has 0 bridgehead atoms. The van der Waals surface area contributed by atoms with E-state index >= 15 is 0 Å². The molecule has 0 radical (unpaired) electrons. The molecular formula is C17H12BrClN2O3. The van der Waals surface area contributed by atoms with Gasteiger partial charge in [-0.1, -0.05) is 27.5 Å². The van der Waals surface area contributed by atoms with E-state index in [1.807, 2.05) is 12.1 Å². The van der Waals surface area contributed by atoms with Gasteiger partial charge in [0.15, 0.2) is 0 Å². The number of hydrogen-bond donors (Lipinski definition) is 2. The third-order valence-electron chi connectivity index (χ3n) is 3.51. The molecule has 1 aromatic heterocycles. The zero-order chi connectivity index (χ0) is 17.3. The Balaban J connectivity index is 1.90. The molecule has 1 amide bonds. The van der Waals surface area contributed by atoms with Crippen LogP contribution in [0.25, 0.3) is 11.0 Å². The van der Waals surface area contributed by atoms with Crippen molar-refractivity contribution in [2.75, 3.05) is 5.32 Å². The van der Waals surface area contributed by atoms with E-state index in [0.717, 1.165) is 15.4 Å². The summed E-state index contributed by atoms with van der Waals surface area (Å²) in [5.41, 5.74) is 7.09. The summed E-state index contributed by atoms with van der Waals surface area (Å²) in [4.78, 5) is 22.9. The van der Waals surface area contributed by atoms with Crippen LogP contribution in [0.4, 0.5) is 5.69 Å². The van der Waals surface area contributed by atoms with Crippen LogP contribution in [0.15, 0.2) is 56.1 Å². The van der Waals surface area contributed by atoms with Gasteiger partial charge in [0.2, 0.25) is 5.91 Å². The number of anilines is 1. The summed E-state index contributed by atoms with van der Waals surface area (Å²) in [6, 6.07) is 11.8. The zero-order valence-electron chi connectivity index (χ0n) is 12.3. The number of nitrogens with one attached hydrogen (secondary N) is 1. The van der Waals surface area contributed by atoms with Crippen LogP contribution in [0, 0.1) is 0 Å². The van der Waals surface area contributed by atoms with Crippen LogP contribution in [0.3, 0.4) is 0 Å². The van der Waals surface area contributed by atoms with Crippen molar-refractivity contribution in [3.8, 4) is 0 Å². The summed E-state index contributed by atoms with van der Waals surface area (Å²) in [5.74, 6) is -0.580. The number of fused-ring (bicyclic) bond motifs is 1. The van der Waals surface area contributed by atoms with Crippen molar-refractivity contribution >= 4 is 50.1 Å². The molecule has 0 saturated carbocycles. The predicted molar refractivity (Wildman–Crippen MR) is 97.5 cm³/mol. The molecule has 0 saturated heterocycles. The average molecular weight is 408 g/mol. The molecule has 0 unspecified atom stereocenters. The third-order valence-corrected chi connectivity index (χ3v) is 4.32. The first-order valence-corrected chi connectivity index (χ1v) is 8.16. The van der Waals surface area contributed by atoms with E-state index in [0.29, 0.717) is 17.8 Å². The smallest absolute Gasteiger partial charge is 0.336 e. The largest absolute Gasteiger partial charge is 0.423 e. The SMILES string of the molecule is NC(=O)c1ccc(NCc2cc(=O)oc3cc(Br)ccc23)cc1Cl. The van der Waals surface area contributed by atoms with E-state index < -0.39 is 11.5 Å². The van der Waals surface area contributed by atoms with Gasteiger partial charge in [0, 0.05) is 28.2 Å². The molecule has 0 atom stereocenters. The van der Waals surface area contributed by atoms with E-state index in [4.69, 9.17) is 21.8 Å². The van der Waals surface area contributed by atoms with Crippen LogP contribution in [0.1, 0.15) is 15.9 Å². The molecule has 122 valence electrons. The number of hydrogen-bond acceptors (Lipinski definition) is 4. The van der Waals surface area contributed by atoms with Gasteiger partial charge < -0.3 is 15.5 Å². The maximum atomic E-state index is 11.7. The van der Waals surface area contributed by atoms with Crippen molar-refractivity contribution in [3.05, 3.63) is 73.5 Å². The second kappa shape index (κ2) is 6.67. The predicted octanol–water partition coefficient (Wildman–Crippen LogP) is 3.92. The van der Waals surface area contributed by atoms with Crippen LogP contribution in [0.2, 0.25) is 5.02 Å². The van der Waals surface area contributed by atoms with Crippen LogP contribution in [-0.4, -0.2) is 5.91 Å². The summed E-state index contributed by atoms with van der Waals surface area (Å²) in [6.07, 6.45) is 0. The van der Waals surface area contributed by atoms with Crippen molar-refractivity contribution in [1.29, 1.82) is 0 Å². The molecule has 2 aromatic carbocycles. The second-order valence-electron chi connectivity index (χ2n) is 5.14. The lowest BCUT2D eigenvalue weighted by Crippen LogP contribution is -2.12. The van der Waals surface area contributed by atoms with E-state index in [9.17, 15) is 9.59 Å². The van der Waals surface area contributed by atoms with Gasteiger partial charge in [0.05, 0.1) is 10.6 Å². The topological polar surface area (TPSA) is 85.3 Å². The molecule has 5 nitrogen and oxygen atoms in total. The first kappa shape index (κ1) is 16.5. The summed E-state index contributed by atoms with van der Waals surface area (Å²) >= 11 is 9.39. The van der Waals surface area contributed by atoms with Crippen molar-refractivity contribution in [3.63, 3.8) is 0 Å². The van der Waals surface area contributed by atoms with Gasteiger partial charge in [0.25, 0.3) is 0 Å². The summed E-state index contributed by atoms with van der Waals surface area (Å²) in [6.45, 7) is 0.399. The molecule has 24 heavy (non-hydrogen) atoms. The molecule has 0 spiro atoms. The Morgan fingerprint density at radius 2 is 2.00 bits per heavy atom. The normalized spacial score (nSPS) is 10.8. The highest BCUT2D eigenvalue weighted by Gasteiger charge is 2.09.